The van der Waals surface area contributed by atoms with Crippen LogP contribution in [0.3, 0.4) is 0 Å². The predicted octanol–water partition coefficient (Wildman–Crippen LogP) is 0.621. The normalized spacial score (nSPS) is 8.33. The monoisotopic (exact) mass is 120 g/mol. The molecule has 0 saturated heterocycles. The first-order chi connectivity index (χ1) is 4.34. The van der Waals surface area contributed by atoms with Crippen LogP contribution in [0.2, 0.25) is 0 Å². The Morgan fingerprint density at radius 2 is 2.44 bits per heavy atom. The third kappa shape index (κ3) is 1.000. The SMILES string of the molecule is C#Cc1cccoc1=O. The molecule has 0 atom stereocenters. The van der Waals surface area contributed by atoms with Gasteiger partial charge in [-0.15, -0.1) is 6.42 Å². The number of hydrogen-bond donors (Lipinski definition) is 0. The molecular formula is C7H4O2. The van der Waals surface area contributed by atoms with Gasteiger partial charge >= 0.3 is 5.63 Å². The van der Waals surface area contributed by atoms with Gasteiger partial charge in [0.25, 0.3) is 0 Å². The molecule has 0 amide bonds. The first kappa shape index (κ1) is 5.64. The van der Waals surface area contributed by atoms with Crippen LogP contribution in [0.15, 0.2) is 27.6 Å². The van der Waals surface area contributed by atoms with E-state index in [0.717, 1.165) is 0 Å². The van der Waals surface area contributed by atoms with E-state index in [9.17, 15) is 4.79 Å². The Balaban J connectivity index is 3.38. The Bertz CT molecular complexity index is 290. The van der Waals surface area contributed by atoms with E-state index in [0.29, 0.717) is 0 Å². The fraction of sp³-hybridized carbons (Fsp3) is 0. The maximum atomic E-state index is 10.5. The molecule has 44 valence electrons. The topological polar surface area (TPSA) is 30.2 Å². The summed E-state index contributed by atoms with van der Waals surface area (Å²) in [5.74, 6) is 2.19. The Labute approximate surface area is 52.1 Å². The Morgan fingerprint density at radius 1 is 1.67 bits per heavy atom. The van der Waals surface area contributed by atoms with Crippen LogP contribution in [-0.2, 0) is 0 Å². The van der Waals surface area contributed by atoms with Crippen molar-refractivity contribution in [1.29, 1.82) is 0 Å². The van der Waals surface area contributed by atoms with E-state index in [1.807, 2.05) is 0 Å². The zero-order valence-electron chi connectivity index (χ0n) is 4.63. The van der Waals surface area contributed by atoms with Gasteiger partial charge in [0.2, 0.25) is 0 Å². The molecule has 0 bridgehead atoms. The maximum absolute atomic E-state index is 10.5. The fourth-order valence-electron chi connectivity index (χ4n) is 0.475. The van der Waals surface area contributed by atoms with Gasteiger partial charge in [-0.1, -0.05) is 5.92 Å². The van der Waals surface area contributed by atoms with Crippen LogP contribution in [0.4, 0.5) is 0 Å². The molecule has 1 aromatic rings. The second kappa shape index (κ2) is 2.19. The highest BCUT2D eigenvalue weighted by atomic mass is 16.4. The molecule has 1 aromatic heterocycles. The molecule has 9 heavy (non-hydrogen) atoms. The summed E-state index contributed by atoms with van der Waals surface area (Å²) in [4.78, 5) is 10.5. The standard InChI is InChI=1S/C7H4O2/c1-2-6-4-3-5-9-7(6)8/h1,3-5H. The number of rotatable bonds is 0. The van der Waals surface area contributed by atoms with E-state index >= 15 is 0 Å². The van der Waals surface area contributed by atoms with Crippen molar-refractivity contribution in [3.63, 3.8) is 0 Å². The smallest absolute Gasteiger partial charge is 0.351 e. The second-order valence-electron chi connectivity index (χ2n) is 1.46. The van der Waals surface area contributed by atoms with Crippen molar-refractivity contribution < 1.29 is 4.42 Å². The van der Waals surface area contributed by atoms with Gasteiger partial charge < -0.3 is 4.42 Å². The molecule has 2 heteroatoms. The van der Waals surface area contributed by atoms with Crippen molar-refractivity contribution >= 4 is 0 Å². The zero-order valence-corrected chi connectivity index (χ0v) is 4.63. The Morgan fingerprint density at radius 3 is 2.89 bits per heavy atom. The summed E-state index contributed by atoms with van der Waals surface area (Å²) in [6.45, 7) is 0. The van der Waals surface area contributed by atoms with Gasteiger partial charge in [-0.25, -0.2) is 4.79 Å². The van der Waals surface area contributed by atoms with Gasteiger partial charge in [-0.05, 0) is 12.1 Å². The summed E-state index contributed by atoms with van der Waals surface area (Å²) in [5, 5.41) is 0. The highest BCUT2D eigenvalue weighted by molar-refractivity contribution is 5.26. The minimum absolute atomic E-state index is 0.262. The predicted molar refractivity (Wildman–Crippen MR) is 32.9 cm³/mol. The van der Waals surface area contributed by atoms with Crippen molar-refractivity contribution in [1.82, 2.24) is 0 Å². The third-order valence-corrected chi connectivity index (χ3v) is 0.892. The highest BCUT2D eigenvalue weighted by Gasteiger charge is 1.90. The molecule has 0 aromatic carbocycles. The summed E-state index contributed by atoms with van der Waals surface area (Å²) in [6.07, 6.45) is 6.24. The number of hydrogen-bond acceptors (Lipinski definition) is 2. The average molecular weight is 120 g/mol. The van der Waals surface area contributed by atoms with Crippen molar-refractivity contribution in [2.45, 2.75) is 0 Å². The molecule has 0 aliphatic rings. The molecular weight excluding hydrogens is 116 g/mol. The quantitative estimate of drug-likeness (QED) is 0.470. The van der Waals surface area contributed by atoms with Gasteiger partial charge in [0.15, 0.2) is 0 Å². The summed E-state index contributed by atoms with van der Waals surface area (Å²) < 4.78 is 4.45. The highest BCUT2D eigenvalue weighted by Crippen LogP contribution is 1.85. The molecule has 0 fully saturated rings. The van der Waals surface area contributed by atoms with Gasteiger partial charge in [0, 0.05) is 0 Å². The maximum Gasteiger partial charge on any atom is 0.351 e. The minimum atomic E-state index is -0.458. The summed E-state index contributed by atoms with van der Waals surface area (Å²) >= 11 is 0. The summed E-state index contributed by atoms with van der Waals surface area (Å²) in [7, 11) is 0. The minimum Gasteiger partial charge on any atom is -0.430 e. The van der Waals surface area contributed by atoms with Crippen molar-refractivity contribution in [2.24, 2.45) is 0 Å². The lowest BCUT2D eigenvalue weighted by Crippen LogP contribution is -2.00. The van der Waals surface area contributed by atoms with Crippen LogP contribution >= 0.6 is 0 Å². The summed E-state index contributed by atoms with van der Waals surface area (Å²) in [6, 6.07) is 3.11. The van der Waals surface area contributed by atoms with Crippen LogP contribution in [-0.4, -0.2) is 0 Å². The molecule has 0 N–H and O–H groups in total. The molecule has 1 heterocycles. The fourth-order valence-corrected chi connectivity index (χ4v) is 0.475. The molecule has 0 aliphatic carbocycles. The number of terminal acetylenes is 1. The molecule has 0 saturated carbocycles. The second-order valence-corrected chi connectivity index (χ2v) is 1.46. The lowest BCUT2D eigenvalue weighted by molar-refractivity contribution is 0.509. The van der Waals surface area contributed by atoms with Gasteiger partial charge in [0.1, 0.15) is 5.56 Å². The van der Waals surface area contributed by atoms with Crippen LogP contribution in [0, 0.1) is 12.3 Å². The molecule has 0 unspecified atom stereocenters. The molecule has 1 rings (SSSR count). The van der Waals surface area contributed by atoms with E-state index in [1.54, 1.807) is 6.07 Å². The van der Waals surface area contributed by atoms with Crippen molar-refractivity contribution in [3.05, 3.63) is 34.4 Å². The van der Waals surface area contributed by atoms with Crippen molar-refractivity contribution in [2.75, 3.05) is 0 Å². The first-order valence-corrected chi connectivity index (χ1v) is 2.39. The first-order valence-electron chi connectivity index (χ1n) is 2.39. The van der Waals surface area contributed by atoms with E-state index in [4.69, 9.17) is 6.42 Å². The lowest BCUT2D eigenvalue weighted by Gasteiger charge is -1.81. The van der Waals surface area contributed by atoms with E-state index < -0.39 is 5.63 Å². The Hall–Kier alpha value is -1.49. The zero-order chi connectivity index (χ0) is 6.69. The van der Waals surface area contributed by atoms with Crippen LogP contribution in [0.25, 0.3) is 0 Å². The lowest BCUT2D eigenvalue weighted by atomic mass is 10.3. The van der Waals surface area contributed by atoms with Crippen LogP contribution < -0.4 is 5.63 Å². The van der Waals surface area contributed by atoms with Gasteiger partial charge in [-0.2, -0.15) is 0 Å². The van der Waals surface area contributed by atoms with Crippen LogP contribution in [0.5, 0.6) is 0 Å². The molecule has 2 nitrogen and oxygen atoms in total. The van der Waals surface area contributed by atoms with Gasteiger partial charge in [0.05, 0.1) is 6.26 Å². The third-order valence-electron chi connectivity index (χ3n) is 0.892. The van der Waals surface area contributed by atoms with E-state index in [1.165, 1.54) is 12.3 Å². The van der Waals surface area contributed by atoms with Crippen molar-refractivity contribution in [3.8, 4) is 12.3 Å². The average Bonchev–Trinajstić information content (AvgIpc) is 1.89. The van der Waals surface area contributed by atoms with E-state index in [-0.39, 0.29) is 5.56 Å². The Kier molecular flexibility index (Phi) is 1.37. The summed E-state index contributed by atoms with van der Waals surface area (Å²) in [5.41, 5.74) is -0.197. The molecule has 0 spiro atoms. The van der Waals surface area contributed by atoms with Gasteiger partial charge in [-0.3, -0.25) is 0 Å². The van der Waals surface area contributed by atoms with E-state index in [2.05, 4.69) is 10.3 Å². The molecule has 0 aliphatic heterocycles. The van der Waals surface area contributed by atoms with Crippen LogP contribution in [0.1, 0.15) is 5.56 Å². The largest absolute Gasteiger partial charge is 0.430 e. The molecule has 0 radical (unpaired) electrons.